The second kappa shape index (κ2) is 51.4. The summed E-state index contributed by atoms with van der Waals surface area (Å²) in [5.41, 5.74) is -1.75. The quantitative estimate of drug-likeness (QED) is 0.0199. The zero-order valence-corrected chi connectivity index (χ0v) is 68.5. The average Bonchev–Trinajstić information content (AvgIpc) is 1.33. The number of hydrogen-bond acceptors (Lipinski definition) is 36. The van der Waals surface area contributed by atoms with Crippen molar-refractivity contribution in [1.82, 2.24) is 36.8 Å². The van der Waals surface area contributed by atoms with E-state index in [1.54, 1.807) is 6.92 Å². The van der Waals surface area contributed by atoms with E-state index in [-0.39, 0.29) is 179 Å². The van der Waals surface area contributed by atoms with Gasteiger partial charge in [0.2, 0.25) is 48.9 Å². The van der Waals surface area contributed by atoms with Crippen LogP contribution in [0.2, 0.25) is 0 Å². The van der Waals surface area contributed by atoms with Crippen LogP contribution in [0.3, 0.4) is 0 Å². The minimum atomic E-state index is -3.93. The summed E-state index contributed by atoms with van der Waals surface area (Å²) >= 11 is 0. The number of aliphatic hydroxyl groups is 9. The number of amides is 7. The average molecular weight is 1730 g/mol. The highest BCUT2D eigenvalue weighted by Crippen LogP contribution is 2.48. The van der Waals surface area contributed by atoms with Gasteiger partial charge < -0.3 is 158 Å². The standard InChI is InChI=1S/C71H121N7O37P2/c1-40-29-50(54(111-40)36-109-116(6,99)100)115-117(7,101)110-35-44-30-49(102-5)31-78(44)58(92)12-11-57(91)77-71(37-103-23-15-45(85)9-8-10-46(86)17-26-106-68-59(74-41(2)82)65(96)62(93)51(32-79)112-68,38-104-24-16-47(87)13-21-73-56(90)20-28-108-70-61(76-43(4)84)67(98)64(95)53(34-81)114-70)39-105-25-19-55(89)72-22-14-48(88)18-27-107-69-60(75-42(3)83)66(97)63(94)52(33-80)113-69/h40,44,49-54,59-70,79-81,93-98,101H,7-39H2,1-6H3,(H,72,89)(H,73,90)(H,74,82)(H,75,83)(H,76,84)(H,77,91)(H,99,100)/t40-,44-,49+,50-,51?,52?,53?,54+,59?,60?,61?,62-,63-,64-,65+,66+,67+,68+,69+,70+,71?,117?/m0/s1. The van der Waals surface area contributed by atoms with Gasteiger partial charge in [-0.1, -0.05) is 0 Å². The lowest BCUT2D eigenvalue weighted by Crippen LogP contribution is -2.64. The molecule has 5 rings (SSSR count). The first-order valence-corrected chi connectivity index (χ1v) is 42.5. The molecule has 9 unspecified atom stereocenters. The second-order valence-corrected chi connectivity index (χ2v) is 32.9. The molecule has 0 aromatic heterocycles. The van der Waals surface area contributed by atoms with Gasteiger partial charge in [-0.25, -0.2) is 0 Å². The van der Waals surface area contributed by atoms with Crippen molar-refractivity contribution < 1.29 is 179 Å². The molecule has 5 aliphatic rings. The van der Waals surface area contributed by atoms with Crippen LogP contribution in [0.1, 0.15) is 124 Å². The van der Waals surface area contributed by atoms with Crippen LogP contribution in [0.15, 0.2) is 0 Å². The highest BCUT2D eigenvalue weighted by atomic mass is 31.2. The van der Waals surface area contributed by atoms with Crippen molar-refractivity contribution in [2.45, 2.75) is 252 Å². The minimum absolute atomic E-state index is 0.0372. The molecule has 5 fully saturated rings. The van der Waals surface area contributed by atoms with Crippen molar-refractivity contribution >= 4 is 85.9 Å². The Hall–Kier alpha value is -5.50. The molecule has 0 spiro atoms. The Morgan fingerprint density at radius 2 is 0.897 bits per heavy atom. The smallest absolute Gasteiger partial charge is 0.325 e. The summed E-state index contributed by atoms with van der Waals surface area (Å²) in [4.78, 5) is 165. The van der Waals surface area contributed by atoms with E-state index in [0.717, 1.165) is 27.4 Å². The molecule has 0 saturated carbocycles. The van der Waals surface area contributed by atoms with Crippen LogP contribution in [-0.4, -0.2) is 385 Å². The van der Waals surface area contributed by atoms with Crippen molar-refractivity contribution in [2.75, 3.05) is 126 Å². The highest BCUT2D eigenvalue weighted by Gasteiger charge is 2.49. The van der Waals surface area contributed by atoms with E-state index in [1.165, 1.54) is 12.0 Å². The van der Waals surface area contributed by atoms with Crippen LogP contribution in [0, 0.1) is 0 Å². The van der Waals surface area contributed by atoms with Gasteiger partial charge in [-0.05, 0) is 26.1 Å². The van der Waals surface area contributed by atoms with Gasteiger partial charge >= 0.3 is 7.60 Å². The maximum absolute atomic E-state index is 14.4. The molecule has 0 aromatic carbocycles. The van der Waals surface area contributed by atoms with Gasteiger partial charge in [0.1, 0.15) is 108 Å². The predicted octanol–water partition coefficient (Wildman–Crippen LogP) is -6.43. The van der Waals surface area contributed by atoms with E-state index in [4.69, 9.17) is 65.7 Å². The molecule has 5 heterocycles. The summed E-state index contributed by atoms with van der Waals surface area (Å²) in [5, 5.41) is 107. The van der Waals surface area contributed by atoms with Crippen molar-refractivity contribution in [2.24, 2.45) is 0 Å². The third-order valence-electron chi connectivity index (χ3n) is 19.3. The summed E-state index contributed by atoms with van der Waals surface area (Å²) in [6.45, 7) is -0.0748. The molecule has 5 saturated heterocycles. The number of methoxy groups -OCH3 is 1. The fourth-order valence-corrected chi connectivity index (χ4v) is 14.7. The molecule has 5 aliphatic heterocycles. The summed E-state index contributed by atoms with van der Waals surface area (Å²) in [6, 6.07) is -4.49. The van der Waals surface area contributed by atoms with E-state index in [2.05, 4.69) is 38.2 Å². The van der Waals surface area contributed by atoms with Gasteiger partial charge in [0.15, 0.2) is 18.9 Å². The molecule has 0 bridgehead atoms. The van der Waals surface area contributed by atoms with Crippen LogP contribution in [0.4, 0.5) is 0 Å². The molecular weight excluding hydrogens is 1600 g/mol. The molecule has 17 N–H and O–H groups in total. The van der Waals surface area contributed by atoms with E-state index >= 15 is 0 Å². The van der Waals surface area contributed by atoms with Crippen molar-refractivity contribution in [3.8, 4) is 0 Å². The Bertz CT molecular complexity index is 3050. The van der Waals surface area contributed by atoms with Crippen molar-refractivity contribution in [3.63, 3.8) is 0 Å². The maximum atomic E-state index is 14.4. The number of nitrogens with zero attached hydrogens (tertiary/aromatic N) is 1. The Morgan fingerprint density at radius 3 is 1.31 bits per heavy atom. The molecule has 0 radical (unpaired) electrons. The Balaban J connectivity index is 1.26. The normalized spacial score (nSPS) is 29.4. The fourth-order valence-electron chi connectivity index (χ4n) is 13.2. The monoisotopic (exact) mass is 1730 g/mol. The lowest BCUT2D eigenvalue weighted by Gasteiger charge is -2.42. The molecule has 7 amide bonds. The molecule has 46 heteroatoms. The summed E-state index contributed by atoms with van der Waals surface area (Å²) < 4.78 is 91.7. The molecular formula is C71H121N7O37P2. The van der Waals surface area contributed by atoms with E-state index in [0.29, 0.717) is 0 Å². The number of ether oxygens (including phenoxy) is 11. The van der Waals surface area contributed by atoms with E-state index in [1.807, 2.05) is 0 Å². The van der Waals surface area contributed by atoms with Gasteiger partial charge in [-0.3, -0.25) is 57.3 Å². The first-order chi connectivity index (χ1) is 55.3. The van der Waals surface area contributed by atoms with Crippen LogP contribution in [0.5, 0.6) is 0 Å². The van der Waals surface area contributed by atoms with Crippen LogP contribution >= 0.6 is 15.2 Å². The molecule has 672 valence electrons. The number of Topliss-reactive ketones (excluding diaryl/α,β-unsaturated/α-hetero) is 4. The second-order valence-electron chi connectivity index (χ2n) is 29.3. The number of aliphatic hydroxyl groups excluding tert-OH is 9. The van der Waals surface area contributed by atoms with Gasteiger partial charge in [0, 0.05) is 131 Å². The van der Waals surface area contributed by atoms with Crippen LogP contribution < -0.4 is 31.9 Å². The minimum Gasteiger partial charge on any atom is -0.394 e. The van der Waals surface area contributed by atoms with Gasteiger partial charge in [-0.2, -0.15) is 0 Å². The summed E-state index contributed by atoms with van der Waals surface area (Å²) in [6.07, 6.45) is -18.6. The third-order valence-corrected chi connectivity index (χ3v) is 21.1. The molecule has 44 nitrogen and oxygen atoms in total. The highest BCUT2D eigenvalue weighted by molar-refractivity contribution is 7.58. The number of carbonyl (C=O) groups excluding carboxylic acids is 11. The molecule has 117 heavy (non-hydrogen) atoms. The van der Waals surface area contributed by atoms with Gasteiger partial charge in [0.25, 0.3) is 0 Å². The van der Waals surface area contributed by atoms with Crippen LogP contribution in [0.25, 0.3) is 0 Å². The zero-order chi connectivity index (χ0) is 86.7. The number of nitrogens with one attached hydrogen (secondary N) is 6. The molecule has 0 aromatic rings. The Labute approximate surface area is 676 Å². The summed E-state index contributed by atoms with van der Waals surface area (Å²) in [5.74, 6) is -5.74. The number of ketones is 4. The first-order valence-electron chi connectivity index (χ1n) is 38.7. The SMILES string of the molecule is C=P(O)(OC[C@@H]1C[C@@H](OC)CN1C(=O)CCC(=O)NC(COCCC(=O)CCCC(=O)CCO[C@@H]1OC(CO)[C@H](O)[C@H](O)C1NC(C)=O)(COCCC(=O)CCNC(=O)CCO[C@@H]1OC(CO)[C@H](O)[C@H](O)C1NC(C)=O)COCCC(=O)NCCC(=O)CCO[C@@H]1OC(CO)[C@H](O)[C@H](O)C1NC(C)=O)O[C@H]1C[C@H](C)O[C@@H]1COP(C)(=O)O. The largest absolute Gasteiger partial charge is 0.394 e. The van der Waals surface area contributed by atoms with Gasteiger partial charge in [-0.15, -0.1) is 0 Å². The predicted molar refractivity (Wildman–Crippen MR) is 402 cm³/mol. The van der Waals surface area contributed by atoms with Gasteiger partial charge in [0.05, 0.1) is 123 Å². The van der Waals surface area contributed by atoms with E-state index < -0.39 is 237 Å². The van der Waals surface area contributed by atoms with Crippen molar-refractivity contribution in [1.29, 1.82) is 0 Å². The number of hydrogen-bond donors (Lipinski definition) is 17. The van der Waals surface area contributed by atoms with Crippen molar-refractivity contribution in [3.05, 3.63) is 0 Å². The van der Waals surface area contributed by atoms with Crippen LogP contribution in [-0.2, 0) is 123 Å². The first kappa shape index (κ1) is 102. The maximum Gasteiger partial charge on any atom is 0.325 e. The lowest BCUT2D eigenvalue weighted by atomic mass is 9.97. The lowest BCUT2D eigenvalue weighted by molar-refractivity contribution is -0.270. The summed E-state index contributed by atoms with van der Waals surface area (Å²) in [7, 11) is -6.42. The number of rotatable bonds is 56. The fraction of sp³-hybridized carbons (Fsp3) is 0.831. The Morgan fingerprint density at radius 1 is 0.496 bits per heavy atom. The van der Waals surface area contributed by atoms with E-state index in [9.17, 15) is 113 Å². The molecule has 23 atom stereocenters. The number of likely N-dealkylation sites (tertiary alicyclic amines) is 1. The Kier molecular flexibility index (Phi) is 44.9. The number of carbonyl (C=O) groups is 11. The topological polar surface area (TPSA) is 632 Å². The zero-order valence-electron chi connectivity index (χ0n) is 66.8. The molecule has 0 aliphatic carbocycles. The third kappa shape index (κ3) is 36.2.